The van der Waals surface area contributed by atoms with Gasteiger partial charge in [-0.05, 0) is 13.3 Å². The molecule has 1 aromatic carbocycles. The van der Waals surface area contributed by atoms with Crippen LogP contribution in [0.3, 0.4) is 0 Å². The van der Waals surface area contributed by atoms with Crippen LogP contribution in [0.1, 0.15) is 18.4 Å². The summed E-state index contributed by atoms with van der Waals surface area (Å²) >= 11 is 1.71. The fourth-order valence-electron chi connectivity index (χ4n) is 1.73. The Balaban J connectivity index is 1.96. The van der Waals surface area contributed by atoms with E-state index in [9.17, 15) is 0 Å². The predicted molar refractivity (Wildman–Crippen MR) is 78.7 cm³/mol. The van der Waals surface area contributed by atoms with Gasteiger partial charge < -0.3 is 5.32 Å². The molecule has 0 bridgehead atoms. The first-order chi connectivity index (χ1) is 8.79. The fraction of sp³-hybridized carbons (Fsp3) is 0.267. The highest BCUT2D eigenvalue weighted by molar-refractivity contribution is 7.09. The van der Waals surface area contributed by atoms with Crippen molar-refractivity contribution in [1.29, 1.82) is 0 Å². The maximum atomic E-state index is 4.64. The lowest BCUT2D eigenvalue weighted by Gasteiger charge is -2.09. The molecule has 0 saturated carbocycles. The topological polar surface area (TPSA) is 24.9 Å². The molecule has 1 N–H and O–H groups in total. The molecule has 2 nitrogen and oxygen atoms in total. The number of benzene rings is 1. The second-order valence-corrected chi connectivity index (χ2v) is 5.24. The summed E-state index contributed by atoms with van der Waals surface area (Å²) in [5, 5.41) is 6.69. The summed E-state index contributed by atoms with van der Waals surface area (Å²) < 4.78 is 0. The van der Waals surface area contributed by atoms with Crippen LogP contribution in [0.4, 0.5) is 0 Å². The van der Waals surface area contributed by atoms with Crippen LogP contribution in [0.2, 0.25) is 0 Å². The lowest BCUT2D eigenvalue weighted by Crippen LogP contribution is -2.24. The van der Waals surface area contributed by atoms with E-state index in [1.54, 1.807) is 11.3 Å². The number of nitrogens with one attached hydrogen (secondary N) is 1. The first-order valence-electron chi connectivity index (χ1n) is 6.13. The van der Waals surface area contributed by atoms with Crippen LogP contribution >= 0.6 is 11.3 Å². The molecule has 0 aliphatic heterocycles. The molecule has 2 rings (SSSR count). The Morgan fingerprint density at radius 2 is 2.17 bits per heavy atom. The van der Waals surface area contributed by atoms with Gasteiger partial charge in [0.1, 0.15) is 5.01 Å². The Bertz CT molecular complexity index is 490. The lowest BCUT2D eigenvalue weighted by atomic mass is 10.2. The minimum Gasteiger partial charge on any atom is -0.308 e. The van der Waals surface area contributed by atoms with Gasteiger partial charge in [0.2, 0.25) is 0 Å². The highest BCUT2D eigenvalue weighted by Crippen LogP contribution is 2.21. The van der Waals surface area contributed by atoms with E-state index in [4.69, 9.17) is 0 Å². The number of thiazole rings is 1. The van der Waals surface area contributed by atoms with Gasteiger partial charge in [-0.1, -0.05) is 36.4 Å². The van der Waals surface area contributed by atoms with Gasteiger partial charge in [-0.25, -0.2) is 4.98 Å². The van der Waals surface area contributed by atoms with Gasteiger partial charge in [0.05, 0.1) is 5.69 Å². The molecule has 1 heterocycles. The molecule has 0 radical (unpaired) electrons. The summed E-state index contributed by atoms with van der Waals surface area (Å²) in [5.74, 6) is 0. The molecule has 94 valence electrons. The highest BCUT2D eigenvalue weighted by Gasteiger charge is 2.05. The van der Waals surface area contributed by atoms with Crippen molar-refractivity contribution >= 4 is 11.3 Å². The van der Waals surface area contributed by atoms with Gasteiger partial charge in [-0.3, -0.25) is 0 Å². The van der Waals surface area contributed by atoms with Crippen molar-refractivity contribution < 1.29 is 0 Å². The summed E-state index contributed by atoms with van der Waals surface area (Å²) in [6, 6.07) is 10.7. The largest absolute Gasteiger partial charge is 0.308 e. The van der Waals surface area contributed by atoms with Crippen molar-refractivity contribution in [1.82, 2.24) is 10.3 Å². The molecule has 1 aromatic heterocycles. The van der Waals surface area contributed by atoms with Gasteiger partial charge in [0.15, 0.2) is 0 Å². The number of rotatable bonds is 6. The molecule has 0 spiro atoms. The molecular weight excluding hydrogens is 240 g/mol. The predicted octanol–water partition coefficient (Wildman–Crippen LogP) is 3.86. The molecule has 0 aliphatic carbocycles. The SMILES string of the molecule is C=CCC(C)NCc1nc(-c2ccccc2)cs1. The summed E-state index contributed by atoms with van der Waals surface area (Å²) in [4.78, 5) is 4.64. The third-order valence-corrected chi connectivity index (χ3v) is 3.59. The summed E-state index contributed by atoms with van der Waals surface area (Å²) in [5.41, 5.74) is 2.24. The molecule has 1 unspecified atom stereocenters. The van der Waals surface area contributed by atoms with E-state index in [0.29, 0.717) is 6.04 Å². The van der Waals surface area contributed by atoms with Crippen molar-refractivity contribution in [3.8, 4) is 11.3 Å². The zero-order valence-corrected chi connectivity index (χ0v) is 11.4. The maximum Gasteiger partial charge on any atom is 0.107 e. The van der Waals surface area contributed by atoms with Gasteiger partial charge >= 0.3 is 0 Å². The number of nitrogens with zero attached hydrogens (tertiary/aromatic N) is 1. The van der Waals surface area contributed by atoms with Crippen molar-refractivity contribution in [2.75, 3.05) is 0 Å². The molecular formula is C15H18N2S. The van der Waals surface area contributed by atoms with E-state index < -0.39 is 0 Å². The maximum absolute atomic E-state index is 4.64. The van der Waals surface area contributed by atoms with Gasteiger partial charge in [0.25, 0.3) is 0 Å². The Hall–Kier alpha value is -1.45. The zero-order valence-electron chi connectivity index (χ0n) is 10.6. The quantitative estimate of drug-likeness (QED) is 0.796. The van der Waals surface area contributed by atoms with Crippen LogP contribution in [0, 0.1) is 0 Å². The average Bonchev–Trinajstić information content (AvgIpc) is 2.87. The number of hydrogen-bond acceptors (Lipinski definition) is 3. The third-order valence-electron chi connectivity index (χ3n) is 2.74. The lowest BCUT2D eigenvalue weighted by molar-refractivity contribution is 0.553. The van der Waals surface area contributed by atoms with Crippen LogP contribution in [0.25, 0.3) is 11.3 Å². The van der Waals surface area contributed by atoms with Crippen LogP contribution in [-0.2, 0) is 6.54 Å². The average molecular weight is 258 g/mol. The van der Waals surface area contributed by atoms with Crippen molar-refractivity contribution in [2.45, 2.75) is 25.9 Å². The fourth-order valence-corrected chi connectivity index (χ4v) is 2.48. The van der Waals surface area contributed by atoms with Crippen LogP contribution in [0.5, 0.6) is 0 Å². The second-order valence-electron chi connectivity index (χ2n) is 4.30. The normalized spacial score (nSPS) is 12.3. The van der Waals surface area contributed by atoms with Crippen molar-refractivity contribution in [3.63, 3.8) is 0 Å². The van der Waals surface area contributed by atoms with Gasteiger partial charge in [-0.2, -0.15) is 0 Å². The first kappa shape index (κ1) is 13.0. The molecule has 0 aliphatic rings. The number of hydrogen-bond donors (Lipinski definition) is 1. The minimum atomic E-state index is 0.451. The Morgan fingerprint density at radius 3 is 2.89 bits per heavy atom. The standard InChI is InChI=1S/C15H18N2S/c1-3-7-12(2)16-10-15-17-14(11-18-15)13-8-5-4-6-9-13/h3-6,8-9,11-12,16H,1,7,10H2,2H3. The van der Waals surface area contributed by atoms with E-state index in [1.807, 2.05) is 24.3 Å². The van der Waals surface area contributed by atoms with E-state index in [0.717, 1.165) is 23.7 Å². The van der Waals surface area contributed by atoms with E-state index in [-0.39, 0.29) is 0 Å². The molecule has 3 heteroatoms. The smallest absolute Gasteiger partial charge is 0.107 e. The van der Waals surface area contributed by atoms with Gasteiger partial charge in [-0.15, -0.1) is 17.9 Å². The van der Waals surface area contributed by atoms with Gasteiger partial charge in [0, 0.05) is 23.5 Å². The third kappa shape index (κ3) is 3.52. The Morgan fingerprint density at radius 1 is 1.39 bits per heavy atom. The monoisotopic (exact) mass is 258 g/mol. The molecule has 18 heavy (non-hydrogen) atoms. The Labute approximate surface area is 112 Å². The van der Waals surface area contributed by atoms with Crippen LogP contribution in [0.15, 0.2) is 48.4 Å². The minimum absolute atomic E-state index is 0.451. The van der Waals surface area contributed by atoms with E-state index in [1.165, 1.54) is 5.56 Å². The zero-order chi connectivity index (χ0) is 12.8. The summed E-state index contributed by atoms with van der Waals surface area (Å²) in [6.45, 7) is 6.73. The second kappa shape index (κ2) is 6.47. The van der Waals surface area contributed by atoms with E-state index >= 15 is 0 Å². The molecule has 2 aromatic rings. The Kier molecular flexibility index (Phi) is 4.67. The van der Waals surface area contributed by atoms with Crippen molar-refractivity contribution in [3.05, 3.63) is 53.4 Å². The molecule has 0 amide bonds. The van der Waals surface area contributed by atoms with Crippen LogP contribution in [-0.4, -0.2) is 11.0 Å². The molecule has 0 fully saturated rings. The van der Waals surface area contributed by atoms with Crippen LogP contribution < -0.4 is 5.32 Å². The molecule has 1 atom stereocenters. The first-order valence-corrected chi connectivity index (χ1v) is 7.01. The van der Waals surface area contributed by atoms with E-state index in [2.05, 4.69) is 41.3 Å². The molecule has 0 saturated heterocycles. The summed E-state index contributed by atoms with van der Waals surface area (Å²) in [6.07, 6.45) is 2.92. The van der Waals surface area contributed by atoms with Crippen molar-refractivity contribution in [2.24, 2.45) is 0 Å². The summed E-state index contributed by atoms with van der Waals surface area (Å²) in [7, 11) is 0. The number of aromatic nitrogens is 1. The highest BCUT2D eigenvalue weighted by atomic mass is 32.1.